The van der Waals surface area contributed by atoms with Crippen LogP contribution in [0.3, 0.4) is 0 Å². The van der Waals surface area contributed by atoms with E-state index in [2.05, 4.69) is 10.4 Å². The summed E-state index contributed by atoms with van der Waals surface area (Å²) >= 11 is 0. The van der Waals surface area contributed by atoms with Crippen LogP contribution in [0.2, 0.25) is 0 Å². The number of aromatic nitrogens is 2. The van der Waals surface area contributed by atoms with Crippen LogP contribution in [0, 0.1) is 6.92 Å². The van der Waals surface area contributed by atoms with E-state index in [1.165, 1.54) is 21.3 Å². The van der Waals surface area contributed by atoms with Crippen molar-refractivity contribution in [1.82, 2.24) is 9.78 Å². The number of nitrogens with zero attached hydrogens (tertiary/aromatic N) is 2. The van der Waals surface area contributed by atoms with Crippen molar-refractivity contribution in [3.8, 4) is 17.2 Å². The summed E-state index contributed by atoms with van der Waals surface area (Å²) < 4.78 is 17.4. The van der Waals surface area contributed by atoms with Crippen LogP contribution in [0.25, 0.3) is 0 Å². The van der Waals surface area contributed by atoms with Gasteiger partial charge in [0, 0.05) is 13.2 Å². The summed E-state index contributed by atoms with van der Waals surface area (Å²) in [7, 11) is 6.28. The van der Waals surface area contributed by atoms with Crippen molar-refractivity contribution in [2.75, 3.05) is 26.6 Å². The number of hydrogen-bond donors (Lipinski definition) is 1. The van der Waals surface area contributed by atoms with Gasteiger partial charge in [-0.25, -0.2) is 0 Å². The van der Waals surface area contributed by atoms with Crippen LogP contribution >= 0.6 is 0 Å². The van der Waals surface area contributed by atoms with Crippen molar-refractivity contribution in [1.29, 1.82) is 0 Å². The van der Waals surface area contributed by atoms with Crippen LogP contribution in [0.15, 0.2) is 18.3 Å². The number of hydrogen-bond acceptors (Lipinski definition) is 5. The van der Waals surface area contributed by atoms with Gasteiger partial charge in [-0.3, -0.25) is 9.48 Å². The van der Waals surface area contributed by atoms with Gasteiger partial charge in [-0.2, -0.15) is 5.10 Å². The molecule has 0 saturated heterocycles. The molecule has 0 aliphatic carbocycles. The second-order valence-electron chi connectivity index (χ2n) is 4.64. The molecule has 0 saturated carbocycles. The van der Waals surface area contributed by atoms with Crippen molar-refractivity contribution in [2.24, 2.45) is 7.05 Å². The summed E-state index contributed by atoms with van der Waals surface area (Å²) in [5, 5.41) is 7.00. The summed E-state index contributed by atoms with van der Waals surface area (Å²) in [6.07, 6.45) is 1.74. The standard InChI is InChI=1S/C15H19N3O4/c1-9-11(8-18(2)17-9)16-15(19)10-6-7-12(20-3)14(22-5)13(10)21-4/h6-8H,1-5H3,(H,16,19). The Bertz CT molecular complexity index is 694. The van der Waals surface area contributed by atoms with E-state index in [0.29, 0.717) is 28.5 Å². The Morgan fingerprint density at radius 3 is 2.32 bits per heavy atom. The molecule has 2 rings (SSSR count). The van der Waals surface area contributed by atoms with Gasteiger partial charge in [-0.1, -0.05) is 0 Å². The van der Waals surface area contributed by atoms with Crippen molar-refractivity contribution in [3.05, 3.63) is 29.6 Å². The quantitative estimate of drug-likeness (QED) is 0.914. The molecule has 1 aromatic heterocycles. The highest BCUT2D eigenvalue weighted by atomic mass is 16.5. The maximum atomic E-state index is 12.5. The van der Waals surface area contributed by atoms with Gasteiger partial charge in [0.25, 0.3) is 5.91 Å². The topological polar surface area (TPSA) is 74.6 Å². The molecule has 118 valence electrons. The zero-order valence-electron chi connectivity index (χ0n) is 13.3. The second kappa shape index (κ2) is 6.38. The molecule has 22 heavy (non-hydrogen) atoms. The summed E-state index contributed by atoms with van der Waals surface area (Å²) in [6, 6.07) is 3.29. The molecule has 0 aliphatic rings. The first kappa shape index (κ1) is 15.7. The Kier molecular flexibility index (Phi) is 4.55. The molecular formula is C15H19N3O4. The molecular weight excluding hydrogens is 286 g/mol. The zero-order chi connectivity index (χ0) is 16.3. The lowest BCUT2D eigenvalue weighted by atomic mass is 10.1. The van der Waals surface area contributed by atoms with Gasteiger partial charge in [0.1, 0.15) is 0 Å². The van der Waals surface area contributed by atoms with Gasteiger partial charge in [-0.15, -0.1) is 0 Å². The Balaban J connectivity index is 2.39. The van der Waals surface area contributed by atoms with Gasteiger partial charge in [0.15, 0.2) is 11.5 Å². The van der Waals surface area contributed by atoms with Crippen LogP contribution in [0.4, 0.5) is 5.69 Å². The lowest BCUT2D eigenvalue weighted by Gasteiger charge is -2.15. The molecule has 2 aromatic rings. The Morgan fingerprint density at radius 1 is 1.14 bits per heavy atom. The highest BCUT2D eigenvalue weighted by molar-refractivity contribution is 6.07. The third kappa shape index (κ3) is 2.83. The average Bonchev–Trinajstić information content (AvgIpc) is 2.82. The number of ether oxygens (including phenoxy) is 3. The predicted octanol–water partition coefficient (Wildman–Crippen LogP) is 2.01. The monoisotopic (exact) mass is 305 g/mol. The molecule has 0 aliphatic heterocycles. The van der Waals surface area contributed by atoms with Gasteiger partial charge in [0.2, 0.25) is 5.75 Å². The number of nitrogens with one attached hydrogen (secondary N) is 1. The van der Waals surface area contributed by atoms with E-state index in [1.807, 2.05) is 6.92 Å². The molecule has 0 radical (unpaired) electrons. The van der Waals surface area contributed by atoms with E-state index in [-0.39, 0.29) is 5.91 Å². The third-order valence-corrected chi connectivity index (χ3v) is 3.21. The summed E-state index contributed by atoms with van der Waals surface area (Å²) in [6.45, 7) is 1.82. The molecule has 7 heteroatoms. The average molecular weight is 305 g/mol. The van der Waals surface area contributed by atoms with Gasteiger partial charge in [0.05, 0.1) is 38.3 Å². The molecule has 1 amide bonds. The Labute approximate surface area is 128 Å². The minimum Gasteiger partial charge on any atom is -0.493 e. The lowest BCUT2D eigenvalue weighted by molar-refractivity contribution is 0.102. The molecule has 7 nitrogen and oxygen atoms in total. The fourth-order valence-corrected chi connectivity index (χ4v) is 2.19. The molecule has 0 bridgehead atoms. The first-order valence-corrected chi connectivity index (χ1v) is 6.62. The van der Waals surface area contributed by atoms with E-state index in [9.17, 15) is 4.79 Å². The number of amides is 1. The van der Waals surface area contributed by atoms with Crippen LogP contribution in [0.1, 0.15) is 16.1 Å². The summed E-state index contributed by atoms with van der Waals surface area (Å²) in [5.74, 6) is 0.879. The van der Waals surface area contributed by atoms with Crippen LogP contribution < -0.4 is 19.5 Å². The molecule has 0 fully saturated rings. The molecule has 0 spiro atoms. The molecule has 0 atom stereocenters. The first-order chi connectivity index (χ1) is 10.5. The minimum absolute atomic E-state index is 0.311. The van der Waals surface area contributed by atoms with Gasteiger partial charge in [-0.05, 0) is 19.1 Å². The number of carbonyl (C=O) groups excluding carboxylic acids is 1. The third-order valence-electron chi connectivity index (χ3n) is 3.21. The first-order valence-electron chi connectivity index (χ1n) is 6.62. The molecule has 1 aromatic carbocycles. The number of methoxy groups -OCH3 is 3. The predicted molar refractivity (Wildman–Crippen MR) is 82.0 cm³/mol. The van der Waals surface area contributed by atoms with E-state index in [1.54, 1.807) is 30.1 Å². The number of benzene rings is 1. The summed E-state index contributed by atoms with van der Waals surface area (Å²) in [5.41, 5.74) is 1.73. The van der Waals surface area contributed by atoms with Gasteiger partial charge < -0.3 is 19.5 Å². The number of carbonyl (C=O) groups is 1. The number of anilines is 1. The second-order valence-corrected chi connectivity index (χ2v) is 4.64. The van der Waals surface area contributed by atoms with E-state index in [4.69, 9.17) is 14.2 Å². The fraction of sp³-hybridized carbons (Fsp3) is 0.333. The van der Waals surface area contributed by atoms with E-state index >= 15 is 0 Å². The Morgan fingerprint density at radius 2 is 1.82 bits per heavy atom. The van der Waals surface area contributed by atoms with Crippen molar-refractivity contribution < 1.29 is 19.0 Å². The minimum atomic E-state index is -0.311. The van der Waals surface area contributed by atoms with Crippen molar-refractivity contribution in [3.63, 3.8) is 0 Å². The highest BCUT2D eigenvalue weighted by Gasteiger charge is 2.21. The van der Waals surface area contributed by atoms with Crippen molar-refractivity contribution in [2.45, 2.75) is 6.92 Å². The SMILES string of the molecule is COc1ccc(C(=O)Nc2cn(C)nc2C)c(OC)c1OC. The van der Waals surface area contributed by atoms with Gasteiger partial charge >= 0.3 is 0 Å². The highest BCUT2D eigenvalue weighted by Crippen LogP contribution is 2.39. The maximum Gasteiger partial charge on any atom is 0.259 e. The van der Waals surface area contributed by atoms with Crippen molar-refractivity contribution >= 4 is 11.6 Å². The molecule has 1 N–H and O–H groups in total. The lowest BCUT2D eigenvalue weighted by Crippen LogP contribution is -2.14. The largest absolute Gasteiger partial charge is 0.493 e. The maximum absolute atomic E-state index is 12.5. The normalized spacial score (nSPS) is 10.2. The Hall–Kier alpha value is -2.70. The van der Waals surface area contributed by atoms with Crippen LogP contribution in [-0.4, -0.2) is 37.0 Å². The smallest absolute Gasteiger partial charge is 0.259 e. The van der Waals surface area contributed by atoms with E-state index < -0.39 is 0 Å². The zero-order valence-corrected chi connectivity index (χ0v) is 13.3. The number of rotatable bonds is 5. The summed E-state index contributed by atoms with van der Waals surface area (Å²) in [4.78, 5) is 12.5. The number of aryl methyl sites for hydroxylation is 2. The van der Waals surface area contributed by atoms with Crippen LogP contribution in [-0.2, 0) is 7.05 Å². The van der Waals surface area contributed by atoms with E-state index in [0.717, 1.165) is 5.69 Å². The molecule has 1 heterocycles. The fourth-order valence-electron chi connectivity index (χ4n) is 2.19. The molecule has 0 unspecified atom stereocenters. The van der Waals surface area contributed by atoms with Crippen LogP contribution in [0.5, 0.6) is 17.2 Å².